The minimum atomic E-state index is -0.379. The second-order valence-corrected chi connectivity index (χ2v) is 1.75. The molecule has 0 aromatic carbocycles. The molecule has 0 aliphatic rings. The highest BCUT2D eigenvalue weighted by Gasteiger charge is 1.95. The molecule has 0 aliphatic heterocycles. The Labute approximate surface area is 51.4 Å². The van der Waals surface area contributed by atoms with E-state index in [-0.39, 0.29) is 5.56 Å². The standard InChI is InChI=1S/C5H6N2O2/c1-4-2-6-5(8)3-7(4)9/h2-3H,1H3,(H,6,8). The molecule has 1 N–H and O–H groups in total. The summed E-state index contributed by atoms with van der Waals surface area (Å²) in [5.74, 6) is 0. The minimum Gasteiger partial charge on any atom is -0.618 e. The van der Waals surface area contributed by atoms with E-state index in [1.807, 2.05) is 0 Å². The summed E-state index contributed by atoms with van der Waals surface area (Å²) in [6, 6.07) is 0. The van der Waals surface area contributed by atoms with E-state index in [4.69, 9.17) is 0 Å². The fraction of sp³-hybridized carbons (Fsp3) is 0.200. The van der Waals surface area contributed by atoms with E-state index in [1.165, 1.54) is 6.20 Å². The highest BCUT2D eigenvalue weighted by Crippen LogP contribution is 1.75. The number of aromatic amines is 1. The molecule has 4 nitrogen and oxygen atoms in total. The van der Waals surface area contributed by atoms with Crippen molar-refractivity contribution >= 4 is 0 Å². The van der Waals surface area contributed by atoms with Crippen molar-refractivity contribution in [3.8, 4) is 0 Å². The number of H-pyrrole nitrogens is 1. The van der Waals surface area contributed by atoms with Crippen LogP contribution in [-0.2, 0) is 0 Å². The smallest absolute Gasteiger partial charge is 0.313 e. The molecule has 0 radical (unpaired) electrons. The molecule has 0 fully saturated rings. The lowest BCUT2D eigenvalue weighted by atomic mass is 10.5. The van der Waals surface area contributed by atoms with Crippen LogP contribution in [0.5, 0.6) is 0 Å². The Morgan fingerprint density at radius 3 is 2.89 bits per heavy atom. The van der Waals surface area contributed by atoms with Gasteiger partial charge in [0.05, 0.1) is 6.20 Å². The van der Waals surface area contributed by atoms with Crippen LogP contribution in [0.3, 0.4) is 0 Å². The first kappa shape index (κ1) is 5.81. The first-order valence-electron chi connectivity index (χ1n) is 2.48. The van der Waals surface area contributed by atoms with Gasteiger partial charge >= 0.3 is 5.56 Å². The second-order valence-electron chi connectivity index (χ2n) is 1.75. The third kappa shape index (κ3) is 1.07. The van der Waals surface area contributed by atoms with Gasteiger partial charge in [-0.1, -0.05) is 0 Å². The maximum absolute atomic E-state index is 10.5. The first-order chi connectivity index (χ1) is 4.20. The largest absolute Gasteiger partial charge is 0.618 e. The maximum atomic E-state index is 10.5. The number of rotatable bonds is 0. The molecule has 0 unspecified atom stereocenters. The molecule has 0 aliphatic carbocycles. The van der Waals surface area contributed by atoms with Gasteiger partial charge in [-0.15, -0.1) is 0 Å². The number of nitrogens with zero attached hydrogens (tertiary/aromatic N) is 1. The van der Waals surface area contributed by atoms with E-state index < -0.39 is 0 Å². The summed E-state index contributed by atoms with van der Waals surface area (Å²) in [6.07, 6.45) is 2.32. The van der Waals surface area contributed by atoms with E-state index in [0.29, 0.717) is 10.4 Å². The van der Waals surface area contributed by atoms with Crippen molar-refractivity contribution in [1.82, 2.24) is 4.98 Å². The van der Waals surface area contributed by atoms with Gasteiger partial charge in [0.1, 0.15) is 0 Å². The predicted molar refractivity (Wildman–Crippen MR) is 30.8 cm³/mol. The van der Waals surface area contributed by atoms with Crippen LogP contribution < -0.4 is 10.3 Å². The number of aromatic nitrogens is 2. The second kappa shape index (κ2) is 1.89. The summed E-state index contributed by atoms with van der Waals surface area (Å²) >= 11 is 0. The summed E-state index contributed by atoms with van der Waals surface area (Å²) in [4.78, 5) is 12.7. The van der Waals surface area contributed by atoms with Crippen molar-refractivity contribution < 1.29 is 4.73 Å². The molecule has 1 heterocycles. The Balaban J connectivity index is 3.34. The lowest BCUT2D eigenvalue weighted by Crippen LogP contribution is -2.34. The van der Waals surface area contributed by atoms with Crippen LogP contribution >= 0.6 is 0 Å². The Hall–Kier alpha value is -1.32. The van der Waals surface area contributed by atoms with E-state index in [0.717, 1.165) is 6.20 Å². The van der Waals surface area contributed by atoms with Gasteiger partial charge in [-0.3, -0.25) is 4.79 Å². The first-order valence-corrected chi connectivity index (χ1v) is 2.48. The Morgan fingerprint density at radius 2 is 2.44 bits per heavy atom. The van der Waals surface area contributed by atoms with Crippen molar-refractivity contribution in [1.29, 1.82) is 0 Å². The Bertz CT molecular complexity index is 266. The van der Waals surface area contributed by atoms with Gasteiger partial charge in [0, 0.05) is 6.92 Å². The molecule has 48 valence electrons. The van der Waals surface area contributed by atoms with Crippen LogP contribution in [0.4, 0.5) is 0 Å². The lowest BCUT2D eigenvalue weighted by Gasteiger charge is -1.94. The van der Waals surface area contributed by atoms with Crippen molar-refractivity contribution in [3.63, 3.8) is 0 Å². The SMILES string of the molecule is Cc1c[nH]c(=O)c[n+]1[O-]. The Morgan fingerprint density at radius 1 is 1.78 bits per heavy atom. The molecule has 1 aromatic rings. The normalized spacial score (nSPS) is 9.44. The molecule has 0 amide bonds. The van der Waals surface area contributed by atoms with Crippen LogP contribution in [0.1, 0.15) is 5.69 Å². The van der Waals surface area contributed by atoms with Crippen LogP contribution in [-0.4, -0.2) is 4.98 Å². The number of nitrogens with one attached hydrogen (secondary N) is 1. The third-order valence-electron chi connectivity index (χ3n) is 1.01. The average Bonchev–Trinajstić information content (AvgIpc) is 1.80. The lowest BCUT2D eigenvalue weighted by molar-refractivity contribution is -0.613. The molecule has 0 atom stereocenters. The van der Waals surface area contributed by atoms with Crippen LogP contribution in [0.15, 0.2) is 17.2 Å². The molecule has 1 aromatic heterocycles. The molecule has 1 rings (SSSR count). The van der Waals surface area contributed by atoms with Crippen molar-refractivity contribution in [2.75, 3.05) is 0 Å². The van der Waals surface area contributed by atoms with Gasteiger partial charge in [0.25, 0.3) is 0 Å². The van der Waals surface area contributed by atoms with Gasteiger partial charge in [-0.25, -0.2) is 0 Å². The van der Waals surface area contributed by atoms with Crippen LogP contribution in [0.25, 0.3) is 0 Å². The molecule has 4 heteroatoms. The van der Waals surface area contributed by atoms with E-state index in [9.17, 15) is 10.0 Å². The Kier molecular flexibility index (Phi) is 1.22. The zero-order valence-electron chi connectivity index (χ0n) is 4.92. The van der Waals surface area contributed by atoms with E-state index >= 15 is 0 Å². The summed E-state index contributed by atoms with van der Waals surface area (Å²) in [7, 11) is 0. The summed E-state index contributed by atoms with van der Waals surface area (Å²) in [6.45, 7) is 1.61. The molecule has 0 saturated heterocycles. The summed E-state index contributed by atoms with van der Waals surface area (Å²) in [5.41, 5.74) is 0.102. The van der Waals surface area contributed by atoms with Crippen LogP contribution in [0.2, 0.25) is 0 Å². The van der Waals surface area contributed by atoms with Crippen LogP contribution in [0, 0.1) is 12.1 Å². The van der Waals surface area contributed by atoms with Gasteiger partial charge in [-0.05, 0) is 0 Å². The molecular weight excluding hydrogens is 120 g/mol. The zero-order chi connectivity index (χ0) is 6.85. The summed E-state index contributed by atoms with van der Waals surface area (Å²) in [5, 5.41) is 10.5. The van der Waals surface area contributed by atoms with Gasteiger partial charge in [-0.2, -0.15) is 4.73 Å². The highest BCUT2D eigenvalue weighted by molar-refractivity contribution is 4.81. The monoisotopic (exact) mass is 126 g/mol. The fourth-order valence-corrected chi connectivity index (χ4v) is 0.485. The zero-order valence-corrected chi connectivity index (χ0v) is 4.92. The van der Waals surface area contributed by atoms with Gasteiger partial charge in [0.2, 0.25) is 11.9 Å². The van der Waals surface area contributed by atoms with Gasteiger partial charge in [0.15, 0.2) is 0 Å². The van der Waals surface area contributed by atoms with Gasteiger partial charge < -0.3 is 10.2 Å². The van der Waals surface area contributed by atoms with E-state index in [1.54, 1.807) is 6.92 Å². The number of hydrogen-bond acceptors (Lipinski definition) is 2. The summed E-state index contributed by atoms with van der Waals surface area (Å²) < 4.78 is 0.527. The van der Waals surface area contributed by atoms with E-state index in [2.05, 4.69) is 4.98 Å². The molecular formula is C5H6N2O2. The molecule has 9 heavy (non-hydrogen) atoms. The topological polar surface area (TPSA) is 59.8 Å². The van der Waals surface area contributed by atoms with Crippen molar-refractivity contribution in [2.45, 2.75) is 6.92 Å². The van der Waals surface area contributed by atoms with Crippen molar-refractivity contribution in [2.24, 2.45) is 0 Å². The quantitative estimate of drug-likeness (QED) is 0.369. The third-order valence-corrected chi connectivity index (χ3v) is 1.01. The molecule has 0 saturated carbocycles. The number of aryl methyl sites for hydroxylation is 1. The minimum absolute atomic E-state index is 0.379. The predicted octanol–water partition coefficient (Wildman–Crippen LogP) is -0.683. The number of hydrogen-bond donors (Lipinski definition) is 1. The fourth-order valence-electron chi connectivity index (χ4n) is 0.485. The molecule has 0 spiro atoms. The molecule has 0 bridgehead atoms. The average molecular weight is 126 g/mol. The maximum Gasteiger partial charge on any atom is 0.313 e. The van der Waals surface area contributed by atoms with Crippen molar-refractivity contribution in [3.05, 3.63) is 33.6 Å². The highest BCUT2D eigenvalue weighted by atomic mass is 16.5.